The number of ether oxygens (including phenoxy) is 1. The lowest BCUT2D eigenvalue weighted by Gasteiger charge is -2.25. The molecule has 2 aliphatic rings. The van der Waals surface area contributed by atoms with Gasteiger partial charge in [-0.3, -0.25) is 19.5 Å². The fraction of sp³-hybridized carbons (Fsp3) is 0.360. The quantitative estimate of drug-likeness (QED) is 0.397. The third-order valence-corrected chi connectivity index (χ3v) is 8.23. The third kappa shape index (κ3) is 6.04. The average molecular weight is 541 g/mol. The molecule has 4 N–H and O–H groups in total. The summed E-state index contributed by atoms with van der Waals surface area (Å²) in [6, 6.07) is 9.46. The number of amides is 2. The maximum Gasteiger partial charge on any atom is 0.256 e. The first-order chi connectivity index (χ1) is 18.0. The lowest BCUT2D eigenvalue weighted by atomic mass is 10.1. The van der Waals surface area contributed by atoms with Gasteiger partial charge in [0.25, 0.3) is 5.91 Å². The predicted molar refractivity (Wildman–Crippen MR) is 146 cm³/mol. The highest BCUT2D eigenvalue weighted by atomic mass is 32.2. The Balaban J connectivity index is 1.32. The molecule has 1 atom stereocenters. The first kappa shape index (κ1) is 25.5. The molecule has 5 rings (SSSR count). The summed E-state index contributed by atoms with van der Waals surface area (Å²) in [6.45, 7) is 6.52. The maximum atomic E-state index is 13.2. The normalized spacial score (nSPS) is 19.6. The second-order valence-electron chi connectivity index (χ2n) is 8.71. The van der Waals surface area contributed by atoms with Gasteiger partial charge in [-0.15, -0.1) is 0 Å². The van der Waals surface area contributed by atoms with E-state index in [9.17, 15) is 9.59 Å². The summed E-state index contributed by atoms with van der Waals surface area (Å²) < 4.78 is 11.7. The van der Waals surface area contributed by atoms with Crippen molar-refractivity contribution in [3.8, 4) is 0 Å². The van der Waals surface area contributed by atoms with Crippen molar-refractivity contribution >= 4 is 55.3 Å². The highest BCUT2D eigenvalue weighted by Gasteiger charge is 2.38. The van der Waals surface area contributed by atoms with Crippen LogP contribution in [-0.4, -0.2) is 71.4 Å². The molecule has 3 aromatic rings. The van der Waals surface area contributed by atoms with E-state index >= 15 is 0 Å². The van der Waals surface area contributed by atoms with Crippen LogP contribution in [0.5, 0.6) is 0 Å². The van der Waals surface area contributed by atoms with Crippen LogP contribution in [0.3, 0.4) is 0 Å². The number of aromatic nitrogens is 1. The number of hydrogen-bond donors (Lipinski definition) is 3. The Kier molecular flexibility index (Phi) is 7.89. The lowest BCUT2D eigenvalue weighted by molar-refractivity contribution is -0.117. The smallest absolute Gasteiger partial charge is 0.256 e. The number of aliphatic imine (C=N–C) groups is 1. The van der Waals surface area contributed by atoms with Gasteiger partial charge < -0.3 is 25.5 Å². The molecule has 37 heavy (non-hydrogen) atoms. The number of nitrogens with two attached hydrogens (primary N) is 1. The number of nitrogens with zero attached hydrogens (tertiary/aromatic N) is 3. The van der Waals surface area contributed by atoms with Gasteiger partial charge in [0.2, 0.25) is 5.91 Å². The Labute approximate surface area is 222 Å². The highest BCUT2D eigenvalue weighted by Crippen LogP contribution is 2.35. The number of morpholine rings is 1. The Morgan fingerprint density at radius 2 is 2.11 bits per heavy atom. The van der Waals surface area contributed by atoms with Gasteiger partial charge in [0.05, 0.1) is 48.4 Å². The van der Waals surface area contributed by atoms with E-state index in [0.717, 1.165) is 35.4 Å². The molecule has 1 unspecified atom stereocenters. The van der Waals surface area contributed by atoms with Crippen LogP contribution in [0, 0.1) is 6.92 Å². The van der Waals surface area contributed by atoms with E-state index in [-0.39, 0.29) is 23.7 Å². The number of furan rings is 1. The molecular formula is C25H28N6O4S2. The number of anilines is 1. The Morgan fingerprint density at radius 3 is 2.89 bits per heavy atom. The Morgan fingerprint density at radius 1 is 1.27 bits per heavy atom. The van der Waals surface area contributed by atoms with Crippen LogP contribution in [0.4, 0.5) is 5.13 Å². The van der Waals surface area contributed by atoms with Gasteiger partial charge in [0, 0.05) is 25.3 Å². The topological polar surface area (TPSA) is 135 Å². The molecule has 0 radical (unpaired) electrons. The largest absolute Gasteiger partial charge is 0.467 e. The van der Waals surface area contributed by atoms with Gasteiger partial charge in [0.15, 0.2) is 5.13 Å². The molecule has 1 fully saturated rings. The first-order valence-corrected chi connectivity index (χ1v) is 13.7. The molecule has 12 heteroatoms. The van der Waals surface area contributed by atoms with E-state index in [2.05, 4.69) is 25.5 Å². The summed E-state index contributed by atoms with van der Waals surface area (Å²) in [5.74, 6) is -0.116. The number of thiazole rings is 1. The van der Waals surface area contributed by atoms with Gasteiger partial charge in [-0.1, -0.05) is 29.2 Å². The van der Waals surface area contributed by atoms with Crippen molar-refractivity contribution in [2.75, 3.05) is 44.7 Å². The number of thioether (sulfide) groups is 1. The number of carbonyl (C=O) groups excluding carboxylic acids is 2. The minimum atomic E-state index is -0.791. The number of nitrogens with one attached hydrogen (secondary N) is 2. The number of carbonyl (C=O) groups is 2. The van der Waals surface area contributed by atoms with E-state index in [1.165, 1.54) is 23.1 Å². The van der Waals surface area contributed by atoms with Crippen molar-refractivity contribution in [1.29, 1.82) is 0 Å². The van der Waals surface area contributed by atoms with E-state index in [0.29, 0.717) is 35.7 Å². The molecule has 194 valence electrons. The number of benzene rings is 1. The summed E-state index contributed by atoms with van der Waals surface area (Å²) in [5, 5.41) is 5.86. The fourth-order valence-electron chi connectivity index (χ4n) is 4.07. The van der Waals surface area contributed by atoms with Crippen LogP contribution in [0.15, 0.2) is 57.3 Å². The minimum absolute atomic E-state index is 0.182. The molecule has 10 nitrogen and oxygen atoms in total. The molecule has 2 aliphatic heterocycles. The molecule has 1 aromatic carbocycles. The standard InChI is InChI=1S/C25H28N6O4S2/c1-15-4-5-17-18(13-15)36-25(29-17)30-23(33)21-20(26)19(22(32)28-14-16-3-2-10-35-16)24(37-21)27-6-7-31-8-11-34-12-9-31/h2-5,10,13,21H,6-9,11-12,14,26H2,1H3,(H,28,32)(H,29,30,33). The Hall–Kier alpha value is -3.19. The number of aryl methyl sites for hydroxylation is 1. The van der Waals surface area contributed by atoms with Crippen molar-refractivity contribution < 1.29 is 18.7 Å². The zero-order valence-electron chi connectivity index (χ0n) is 20.4. The molecule has 0 spiro atoms. The van der Waals surface area contributed by atoms with E-state index < -0.39 is 11.2 Å². The summed E-state index contributed by atoms with van der Waals surface area (Å²) in [5.41, 5.74) is 8.77. The Bertz CT molecular complexity index is 1340. The molecule has 0 bridgehead atoms. The zero-order chi connectivity index (χ0) is 25.8. The van der Waals surface area contributed by atoms with E-state index in [4.69, 9.17) is 14.9 Å². The summed E-state index contributed by atoms with van der Waals surface area (Å²) >= 11 is 2.59. The van der Waals surface area contributed by atoms with Crippen LogP contribution >= 0.6 is 23.1 Å². The predicted octanol–water partition coefficient (Wildman–Crippen LogP) is 2.51. The van der Waals surface area contributed by atoms with Crippen LogP contribution in [0.2, 0.25) is 0 Å². The SMILES string of the molecule is Cc1ccc2nc(NC(=O)C3SC(=NCCN4CCOCC4)C(C(=O)NCc4ccco4)=C3N)sc2c1. The van der Waals surface area contributed by atoms with Crippen LogP contribution in [-0.2, 0) is 20.9 Å². The third-order valence-electron chi connectivity index (χ3n) is 6.03. The molecule has 4 heterocycles. The summed E-state index contributed by atoms with van der Waals surface area (Å²) in [6.07, 6.45) is 1.54. The van der Waals surface area contributed by atoms with Gasteiger partial charge in [-0.2, -0.15) is 0 Å². The van der Waals surface area contributed by atoms with Gasteiger partial charge >= 0.3 is 0 Å². The van der Waals surface area contributed by atoms with Crippen molar-refractivity contribution in [3.63, 3.8) is 0 Å². The van der Waals surface area contributed by atoms with Crippen molar-refractivity contribution in [2.45, 2.75) is 18.7 Å². The first-order valence-electron chi connectivity index (χ1n) is 12.0. The minimum Gasteiger partial charge on any atom is -0.467 e. The summed E-state index contributed by atoms with van der Waals surface area (Å²) in [4.78, 5) is 37.8. The second kappa shape index (κ2) is 11.5. The van der Waals surface area contributed by atoms with E-state index in [1.807, 2.05) is 25.1 Å². The molecule has 2 aromatic heterocycles. The number of hydrogen-bond acceptors (Lipinski definition) is 10. The van der Waals surface area contributed by atoms with Crippen molar-refractivity contribution in [1.82, 2.24) is 15.2 Å². The second-order valence-corrected chi connectivity index (χ2v) is 10.8. The van der Waals surface area contributed by atoms with Gasteiger partial charge in [-0.05, 0) is 36.8 Å². The highest BCUT2D eigenvalue weighted by molar-refractivity contribution is 8.16. The van der Waals surface area contributed by atoms with Crippen LogP contribution in [0.1, 0.15) is 11.3 Å². The molecule has 0 aliphatic carbocycles. The fourth-order valence-corrected chi connectivity index (χ4v) is 6.17. The number of rotatable bonds is 8. The van der Waals surface area contributed by atoms with Crippen LogP contribution < -0.4 is 16.4 Å². The van der Waals surface area contributed by atoms with Crippen molar-refractivity contribution in [3.05, 3.63) is 59.2 Å². The average Bonchev–Trinajstić information content (AvgIpc) is 3.62. The van der Waals surface area contributed by atoms with Crippen molar-refractivity contribution in [2.24, 2.45) is 10.7 Å². The monoisotopic (exact) mass is 540 g/mol. The molecule has 0 saturated carbocycles. The van der Waals surface area contributed by atoms with Gasteiger partial charge in [-0.25, -0.2) is 4.98 Å². The molecule has 1 saturated heterocycles. The van der Waals surface area contributed by atoms with Crippen LogP contribution in [0.25, 0.3) is 10.2 Å². The molecule has 2 amide bonds. The zero-order valence-corrected chi connectivity index (χ0v) is 22.0. The van der Waals surface area contributed by atoms with Gasteiger partial charge in [0.1, 0.15) is 16.1 Å². The maximum absolute atomic E-state index is 13.2. The van der Waals surface area contributed by atoms with E-state index in [1.54, 1.807) is 18.4 Å². The number of fused-ring (bicyclic) bond motifs is 1. The lowest BCUT2D eigenvalue weighted by Crippen LogP contribution is -2.37. The summed E-state index contributed by atoms with van der Waals surface area (Å²) in [7, 11) is 0. The molecular weight excluding hydrogens is 512 g/mol.